The number of ether oxygens (including phenoxy) is 2. The number of rotatable bonds is 7. The molecule has 0 spiro atoms. The van der Waals surface area contributed by atoms with Crippen LogP contribution in [0.1, 0.15) is 53.4 Å². The second kappa shape index (κ2) is 7.98. The SMILES string of the molecule is COCc1cc(C(C)(C)c2cc(O)c(O)c(C(C)=O)c2)cc(COC)c1O. The molecule has 0 unspecified atom stereocenters. The molecular formula is C21H26O6. The molecule has 0 saturated carbocycles. The number of hydrogen-bond acceptors (Lipinski definition) is 6. The van der Waals surface area contributed by atoms with E-state index in [1.807, 2.05) is 26.0 Å². The Kier molecular flexibility index (Phi) is 6.13. The molecule has 0 saturated heterocycles. The smallest absolute Gasteiger partial charge is 0.168 e. The molecule has 0 aliphatic heterocycles. The van der Waals surface area contributed by atoms with Crippen LogP contribution in [0.25, 0.3) is 0 Å². The van der Waals surface area contributed by atoms with Crippen LogP contribution in [-0.2, 0) is 28.1 Å². The number of benzene rings is 2. The van der Waals surface area contributed by atoms with Crippen molar-refractivity contribution in [2.24, 2.45) is 0 Å². The molecule has 0 aliphatic carbocycles. The number of hydrogen-bond donors (Lipinski definition) is 3. The zero-order valence-electron chi connectivity index (χ0n) is 16.3. The molecule has 0 bridgehead atoms. The highest BCUT2D eigenvalue weighted by Gasteiger charge is 2.28. The molecule has 0 aromatic heterocycles. The summed E-state index contributed by atoms with van der Waals surface area (Å²) in [5, 5.41) is 30.5. The number of aromatic hydroxyl groups is 3. The first-order chi connectivity index (χ1) is 12.6. The van der Waals surface area contributed by atoms with Crippen molar-refractivity contribution < 1.29 is 29.6 Å². The lowest BCUT2D eigenvalue weighted by molar-refractivity contribution is 0.101. The molecule has 3 N–H and O–H groups in total. The number of ketones is 1. The van der Waals surface area contributed by atoms with Crippen molar-refractivity contribution >= 4 is 5.78 Å². The summed E-state index contributed by atoms with van der Waals surface area (Å²) in [7, 11) is 3.09. The third-order valence-electron chi connectivity index (χ3n) is 4.78. The first-order valence-corrected chi connectivity index (χ1v) is 8.54. The molecule has 0 fully saturated rings. The first-order valence-electron chi connectivity index (χ1n) is 8.54. The fraction of sp³-hybridized carbons (Fsp3) is 0.381. The molecule has 6 heteroatoms. The monoisotopic (exact) mass is 374 g/mol. The van der Waals surface area contributed by atoms with E-state index in [0.717, 1.165) is 5.56 Å². The van der Waals surface area contributed by atoms with E-state index >= 15 is 0 Å². The molecule has 2 rings (SSSR count). The maximum absolute atomic E-state index is 11.8. The van der Waals surface area contributed by atoms with E-state index in [4.69, 9.17) is 9.47 Å². The predicted molar refractivity (Wildman–Crippen MR) is 101 cm³/mol. The van der Waals surface area contributed by atoms with Crippen molar-refractivity contribution in [3.8, 4) is 17.2 Å². The summed E-state index contributed by atoms with van der Waals surface area (Å²) in [6, 6.07) is 6.68. The normalized spacial score (nSPS) is 11.6. The Morgan fingerprint density at radius 3 is 1.81 bits per heavy atom. The molecule has 0 aliphatic rings. The minimum Gasteiger partial charge on any atom is -0.507 e. The number of phenolic OH excluding ortho intramolecular Hbond substituents is 3. The summed E-state index contributed by atoms with van der Waals surface area (Å²) < 4.78 is 10.4. The number of carbonyl (C=O) groups excluding carboxylic acids is 1. The third-order valence-corrected chi connectivity index (χ3v) is 4.78. The van der Waals surface area contributed by atoms with Crippen LogP contribution >= 0.6 is 0 Å². The fourth-order valence-electron chi connectivity index (χ4n) is 3.07. The molecule has 0 amide bonds. The van der Waals surface area contributed by atoms with Gasteiger partial charge in [0, 0.05) is 30.8 Å². The van der Waals surface area contributed by atoms with Gasteiger partial charge in [-0.1, -0.05) is 13.8 Å². The van der Waals surface area contributed by atoms with E-state index in [-0.39, 0.29) is 36.1 Å². The van der Waals surface area contributed by atoms with Crippen LogP contribution in [-0.4, -0.2) is 35.3 Å². The van der Waals surface area contributed by atoms with Crippen molar-refractivity contribution in [2.75, 3.05) is 14.2 Å². The topological polar surface area (TPSA) is 96.2 Å². The Morgan fingerprint density at radius 2 is 1.37 bits per heavy atom. The first kappa shape index (κ1) is 20.7. The Morgan fingerprint density at radius 1 is 0.889 bits per heavy atom. The van der Waals surface area contributed by atoms with E-state index in [0.29, 0.717) is 16.7 Å². The minimum absolute atomic E-state index is 0.0612. The van der Waals surface area contributed by atoms with Gasteiger partial charge in [0.25, 0.3) is 0 Å². The van der Waals surface area contributed by atoms with Gasteiger partial charge in [0.15, 0.2) is 17.3 Å². The van der Waals surface area contributed by atoms with Gasteiger partial charge in [0.05, 0.1) is 18.8 Å². The molecule has 2 aromatic carbocycles. The average Bonchev–Trinajstić information content (AvgIpc) is 2.60. The Balaban J connectivity index is 2.67. The Bertz CT molecular complexity index is 827. The summed E-state index contributed by atoms with van der Waals surface area (Å²) in [6.45, 7) is 5.65. The summed E-state index contributed by atoms with van der Waals surface area (Å²) in [5.74, 6) is -0.991. The number of Topliss-reactive ketones (excluding diaryl/α,β-unsaturated/α-hetero) is 1. The van der Waals surface area contributed by atoms with Gasteiger partial charge < -0.3 is 24.8 Å². The zero-order valence-corrected chi connectivity index (χ0v) is 16.3. The lowest BCUT2D eigenvalue weighted by Gasteiger charge is -2.28. The second-order valence-corrected chi connectivity index (χ2v) is 7.08. The van der Waals surface area contributed by atoms with Crippen LogP contribution in [0.15, 0.2) is 24.3 Å². The van der Waals surface area contributed by atoms with Gasteiger partial charge in [-0.05, 0) is 42.3 Å². The van der Waals surface area contributed by atoms with Crippen molar-refractivity contribution in [1.29, 1.82) is 0 Å². The van der Waals surface area contributed by atoms with Gasteiger partial charge in [-0.15, -0.1) is 0 Å². The molecule has 2 aromatic rings. The number of methoxy groups -OCH3 is 2. The van der Waals surface area contributed by atoms with Gasteiger partial charge in [-0.25, -0.2) is 0 Å². The third kappa shape index (κ3) is 4.07. The maximum atomic E-state index is 11.8. The van der Waals surface area contributed by atoms with Crippen LogP contribution < -0.4 is 0 Å². The lowest BCUT2D eigenvalue weighted by Crippen LogP contribution is -2.20. The summed E-state index contributed by atoms with van der Waals surface area (Å²) in [6.07, 6.45) is 0. The van der Waals surface area contributed by atoms with E-state index in [1.54, 1.807) is 20.3 Å². The van der Waals surface area contributed by atoms with Gasteiger partial charge in [0.1, 0.15) is 5.75 Å². The molecule has 146 valence electrons. The van der Waals surface area contributed by atoms with Crippen LogP contribution in [0, 0.1) is 0 Å². The molecule has 0 radical (unpaired) electrons. The van der Waals surface area contributed by atoms with E-state index < -0.39 is 11.2 Å². The van der Waals surface area contributed by atoms with Crippen molar-refractivity contribution in [3.05, 3.63) is 52.1 Å². The predicted octanol–water partition coefficient (Wildman–Crippen LogP) is 3.62. The van der Waals surface area contributed by atoms with Crippen LogP contribution in [0.4, 0.5) is 0 Å². The maximum Gasteiger partial charge on any atom is 0.168 e. The van der Waals surface area contributed by atoms with Crippen molar-refractivity contribution in [2.45, 2.75) is 39.4 Å². The molecule has 27 heavy (non-hydrogen) atoms. The lowest BCUT2D eigenvalue weighted by atomic mass is 9.76. The van der Waals surface area contributed by atoms with E-state index in [1.165, 1.54) is 13.0 Å². The Labute approximate surface area is 159 Å². The van der Waals surface area contributed by atoms with Gasteiger partial charge in [-0.2, -0.15) is 0 Å². The van der Waals surface area contributed by atoms with Crippen LogP contribution in [0.3, 0.4) is 0 Å². The van der Waals surface area contributed by atoms with Crippen LogP contribution in [0.5, 0.6) is 17.2 Å². The largest absolute Gasteiger partial charge is 0.507 e. The summed E-state index contributed by atoms with van der Waals surface area (Å²) >= 11 is 0. The van der Waals surface area contributed by atoms with Crippen molar-refractivity contribution in [1.82, 2.24) is 0 Å². The summed E-state index contributed by atoms with van der Waals surface area (Å²) in [4.78, 5) is 11.8. The van der Waals surface area contributed by atoms with E-state index in [9.17, 15) is 20.1 Å². The number of phenols is 3. The van der Waals surface area contributed by atoms with Gasteiger partial charge in [0.2, 0.25) is 0 Å². The fourth-order valence-corrected chi connectivity index (χ4v) is 3.07. The van der Waals surface area contributed by atoms with E-state index in [2.05, 4.69) is 0 Å². The zero-order chi connectivity index (χ0) is 20.4. The highest BCUT2D eigenvalue weighted by molar-refractivity contribution is 5.97. The Hall–Kier alpha value is -2.57. The highest BCUT2D eigenvalue weighted by Crippen LogP contribution is 2.40. The second-order valence-electron chi connectivity index (χ2n) is 7.08. The molecule has 6 nitrogen and oxygen atoms in total. The van der Waals surface area contributed by atoms with Gasteiger partial charge in [-0.3, -0.25) is 4.79 Å². The molecule has 0 atom stereocenters. The number of carbonyl (C=O) groups is 1. The average molecular weight is 374 g/mol. The molecule has 0 heterocycles. The quantitative estimate of drug-likeness (QED) is 0.506. The van der Waals surface area contributed by atoms with Gasteiger partial charge >= 0.3 is 0 Å². The standard InChI is InChI=1S/C21H26O6/c1-12(22)17-8-16(9-18(23)20(17)25)21(2,3)15-6-13(10-26-4)19(24)14(7-15)11-27-5/h6-9,23-25H,10-11H2,1-5H3. The van der Waals surface area contributed by atoms with Crippen LogP contribution in [0.2, 0.25) is 0 Å². The molecular weight excluding hydrogens is 348 g/mol. The minimum atomic E-state index is -0.631. The van der Waals surface area contributed by atoms with Crippen molar-refractivity contribution in [3.63, 3.8) is 0 Å². The highest BCUT2D eigenvalue weighted by atomic mass is 16.5. The summed E-state index contributed by atoms with van der Waals surface area (Å²) in [5.41, 5.74) is 2.16.